The van der Waals surface area contributed by atoms with Gasteiger partial charge in [-0.15, -0.1) is 0 Å². The van der Waals surface area contributed by atoms with Crippen molar-refractivity contribution >= 4 is 0 Å². The molecule has 1 aromatic carbocycles. The summed E-state index contributed by atoms with van der Waals surface area (Å²) in [6, 6.07) is 7.47. The highest BCUT2D eigenvalue weighted by molar-refractivity contribution is 5.27. The van der Waals surface area contributed by atoms with Crippen molar-refractivity contribution in [2.75, 3.05) is 20.3 Å². The van der Waals surface area contributed by atoms with E-state index in [1.165, 1.54) is 0 Å². The maximum atomic E-state index is 9.83. The van der Waals surface area contributed by atoms with Gasteiger partial charge >= 0.3 is 0 Å². The summed E-state index contributed by atoms with van der Waals surface area (Å²) in [5.41, 5.74) is 1.02. The van der Waals surface area contributed by atoms with Crippen LogP contribution < -0.4 is 4.74 Å². The van der Waals surface area contributed by atoms with E-state index >= 15 is 0 Å². The quantitative estimate of drug-likeness (QED) is 0.536. The molecular formula is C15H22O7. The van der Waals surface area contributed by atoms with Crippen LogP contribution in [0.2, 0.25) is 0 Å². The molecule has 7 nitrogen and oxygen atoms in total. The maximum Gasteiger partial charge on any atom is 0.186 e. The van der Waals surface area contributed by atoms with Gasteiger partial charge in [0, 0.05) is 0 Å². The van der Waals surface area contributed by atoms with E-state index in [4.69, 9.17) is 19.3 Å². The molecule has 7 heteroatoms. The number of benzene rings is 1. The van der Waals surface area contributed by atoms with Crippen molar-refractivity contribution < 1.29 is 34.6 Å². The van der Waals surface area contributed by atoms with E-state index in [1.807, 2.05) is 24.3 Å². The van der Waals surface area contributed by atoms with E-state index < -0.39 is 37.3 Å². The summed E-state index contributed by atoms with van der Waals surface area (Å²) in [5, 5.41) is 38.2. The van der Waals surface area contributed by atoms with Crippen LogP contribution >= 0.6 is 0 Å². The molecule has 0 unspecified atom stereocenters. The van der Waals surface area contributed by atoms with Crippen LogP contribution in [-0.4, -0.2) is 71.5 Å². The first-order valence-electron chi connectivity index (χ1n) is 7.12. The topological polar surface area (TPSA) is 109 Å². The highest BCUT2D eigenvalue weighted by atomic mass is 16.7. The number of aliphatic hydroxyl groups is 4. The van der Waals surface area contributed by atoms with Crippen molar-refractivity contribution in [3.8, 4) is 5.75 Å². The van der Waals surface area contributed by atoms with E-state index in [0.717, 1.165) is 11.3 Å². The lowest BCUT2D eigenvalue weighted by atomic mass is 9.99. The molecule has 22 heavy (non-hydrogen) atoms. The van der Waals surface area contributed by atoms with Gasteiger partial charge in [-0.2, -0.15) is 0 Å². The SMILES string of the molecule is COc1ccc(CCO[C@H]2O[C@H](CO)[C@@H](O)[C@H](O)[C@H]2O)cc1. The third-order valence-corrected chi connectivity index (χ3v) is 3.68. The monoisotopic (exact) mass is 314 g/mol. The molecular weight excluding hydrogens is 292 g/mol. The molecule has 0 saturated carbocycles. The van der Waals surface area contributed by atoms with E-state index in [-0.39, 0.29) is 6.61 Å². The Morgan fingerprint density at radius 1 is 1.05 bits per heavy atom. The molecule has 0 aromatic heterocycles. The second kappa shape index (κ2) is 7.87. The van der Waals surface area contributed by atoms with Crippen molar-refractivity contribution in [2.45, 2.75) is 37.1 Å². The van der Waals surface area contributed by atoms with Gasteiger partial charge in [0.15, 0.2) is 6.29 Å². The minimum atomic E-state index is -1.42. The van der Waals surface area contributed by atoms with Crippen molar-refractivity contribution in [3.63, 3.8) is 0 Å². The maximum absolute atomic E-state index is 9.83. The zero-order valence-electron chi connectivity index (χ0n) is 12.3. The zero-order chi connectivity index (χ0) is 16.1. The minimum Gasteiger partial charge on any atom is -0.497 e. The fourth-order valence-electron chi connectivity index (χ4n) is 2.29. The van der Waals surface area contributed by atoms with Crippen molar-refractivity contribution in [3.05, 3.63) is 29.8 Å². The summed E-state index contributed by atoms with van der Waals surface area (Å²) in [7, 11) is 1.59. The van der Waals surface area contributed by atoms with Gasteiger partial charge in [-0.1, -0.05) is 12.1 Å². The molecule has 0 spiro atoms. The van der Waals surface area contributed by atoms with Gasteiger partial charge in [0.1, 0.15) is 30.2 Å². The van der Waals surface area contributed by atoms with Gasteiger partial charge in [-0.3, -0.25) is 0 Å². The molecule has 124 valence electrons. The number of methoxy groups -OCH3 is 1. The van der Waals surface area contributed by atoms with Crippen LogP contribution in [0.1, 0.15) is 5.56 Å². The zero-order valence-corrected chi connectivity index (χ0v) is 12.3. The Morgan fingerprint density at radius 2 is 1.73 bits per heavy atom. The minimum absolute atomic E-state index is 0.259. The normalized spacial score (nSPS) is 32.0. The predicted molar refractivity (Wildman–Crippen MR) is 76.4 cm³/mol. The van der Waals surface area contributed by atoms with Gasteiger partial charge in [0.05, 0.1) is 20.3 Å². The first-order valence-corrected chi connectivity index (χ1v) is 7.12. The van der Waals surface area contributed by atoms with Crippen molar-refractivity contribution in [1.82, 2.24) is 0 Å². The Hall–Kier alpha value is -1.22. The van der Waals surface area contributed by atoms with Gasteiger partial charge in [0.25, 0.3) is 0 Å². The molecule has 1 fully saturated rings. The fourth-order valence-corrected chi connectivity index (χ4v) is 2.29. The third kappa shape index (κ3) is 3.95. The van der Waals surface area contributed by atoms with Crippen molar-refractivity contribution in [2.24, 2.45) is 0 Å². The van der Waals surface area contributed by atoms with E-state index in [9.17, 15) is 15.3 Å². The predicted octanol–water partition coefficient (Wildman–Crippen LogP) is -0.946. The molecule has 4 N–H and O–H groups in total. The van der Waals surface area contributed by atoms with Crippen LogP contribution in [-0.2, 0) is 15.9 Å². The molecule has 0 bridgehead atoms. The van der Waals surface area contributed by atoms with Crippen LogP contribution in [0.5, 0.6) is 5.75 Å². The molecule has 0 amide bonds. The number of rotatable bonds is 6. The second-order valence-electron chi connectivity index (χ2n) is 5.17. The number of hydrogen-bond acceptors (Lipinski definition) is 7. The van der Waals surface area contributed by atoms with Gasteiger partial charge < -0.3 is 34.6 Å². The standard InChI is InChI=1S/C15H22O7/c1-20-10-4-2-9(3-5-10)6-7-21-15-14(19)13(18)12(17)11(8-16)22-15/h2-5,11-19H,6-8H2,1H3/t11-,12-,13+,14-,15+/m1/s1. The summed E-state index contributed by atoms with van der Waals surface area (Å²) in [5.74, 6) is 0.763. The fraction of sp³-hybridized carbons (Fsp3) is 0.600. The summed E-state index contributed by atoms with van der Waals surface area (Å²) in [6.07, 6.45) is -5.62. The molecule has 0 radical (unpaired) electrons. The summed E-state index contributed by atoms with van der Waals surface area (Å²) in [6.45, 7) is -0.210. The highest BCUT2D eigenvalue weighted by Gasteiger charge is 2.43. The van der Waals surface area contributed by atoms with E-state index in [1.54, 1.807) is 7.11 Å². The van der Waals surface area contributed by atoms with Gasteiger partial charge in [0.2, 0.25) is 0 Å². The van der Waals surface area contributed by atoms with Gasteiger partial charge in [-0.25, -0.2) is 0 Å². The third-order valence-electron chi connectivity index (χ3n) is 3.68. The first kappa shape index (κ1) is 17.1. The second-order valence-corrected chi connectivity index (χ2v) is 5.17. The molecule has 1 heterocycles. The molecule has 1 aliphatic rings. The van der Waals surface area contributed by atoms with Crippen LogP contribution in [0.4, 0.5) is 0 Å². The van der Waals surface area contributed by atoms with Gasteiger partial charge in [-0.05, 0) is 24.1 Å². The Morgan fingerprint density at radius 3 is 2.32 bits per heavy atom. The lowest BCUT2D eigenvalue weighted by molar-refractivity contribution is -0.300. The Labute approximate surface area is 128 Å². The molecule has 5 atom stereocenters. The molecule has 1 saturated heterocycles. The van der Waals surface area contributed by atoms with Crippen LogP contribution in [0.15, 0.2) is 24.3 Å². The smallest absolute Gasteiger partial charge is 0.186 e. The molecule has 2 rings (SSSR count). The van der Waals surface area contributed by atoms with Crippen LogP contribution in [0.3, 0.4) is 0 Å². The largest absolute Gasteiger partial charge is 0.497 e. The summed E-state index contributed by atoms with van der Waals surface area (Å²) in [4.78, 5) is 0. The molecule has 0 aliphatic carbocycles. The average molecular weight is 314 g/mol. The lowest BCUT2D eigenvalue weighted by Gasteiger charge is -2.39. The van der Waals surface area contributed by atoms with E-state index in [0.29, 0.717) is 6.42 Å². The van der Waals surface area contributed by atoms with Crippen molar-refractivity contribution in [1.29, 1.82) is 0 Å². The Balaban J connectivity index is 1.84. The number of hydrogen-bond donors (Lipinski definition) is 4. The highest BCUT2D eigenvalue weighted by Crippen LogP contribution is 2.22. The average Bonchev–Trinajstić information content (AvgIpc) is 2.55. The Kier molecular flexibility index (Phi) is 6.13. The number of aliphatic hydroxyl groups excluding tert-OH is 4. The molecule has 1 aromatic rings. The van der Waals surface area contributed by atoms with E-state index in [2.05, 4.69) is 0 Å². The molecule has 1 aliphatic heterocycles. The van der Waals surface area contributed by atoms with Crippen LogP contribution in [0, 0.1) is 0 Å². The summed E-state index contributed by atoms with van der Waals surface area (Å²) < 4.78 is 15.7. The first-order chi connectivity index (χ1) is 10.6. The Bertz CT molecular complexity index is 448. The number of ether oxygens (including phenoxy) is 3. The lowest BCUT2D eigenvalue weighted by Crippen LogP contribution is -2.59. The summed E-state index contributed by atoms with van der Waals surface area (Å²) >= 11 is 0. The van der Waals surface area contributed by atoms with Crippen LogP contribution in [0.25, 0.3) is 0 Å².